The number of carbonyl (C=O) groups excluding carboxylic acids is 3. The van der Waals surface area contributed by atoms with E-state index in [4.69, 9.17) is 14.2 Å². The quantitative estimate of drug-likeness (QED) is 0.0264. The van der Waals surface area contributed by atoms with Crippen molar-refractivity contribution in [2.45, 2.75) is 219 Å². The predicted octanol–water partition coefficient (Wildman–Crippen LogP) is 15.6. The van der Waals surface area contributed by atoms with Gasteiger partial charge in [0.2, 0.25) is 0 Å². The van der Waals surface area contributed by atoms with Crippen LogP contribution in [-0.2, 0) is 28.6 Å². The first-order valence-electron chi connectivity index (χ1n) is 24.1. The lowest BCUT2D eigenvalue weighted by molar-refractivity contribution is -0.167. The molecule has 0 aromatic carbocycles. The van der Waals surface area contributed by atoms with E-state index in [0.717, 1.165) is 116 Å². The van der Waals surface area contributed by atoms with Gasteiger partial charge in [-0.05, 0) is 109 Å². The number of esters is 3. The van der Waals surface area contributed by atoms with Crippen molar-refractivity contribution in [3.63, 3.8) is 0 Å². The molecule has 0 saturated heterocycles. The number of allylic oxidation sites excluding steroid dienone is 14. The molecule has 0 aliphatic heterocycles. The molecule has 0 aromatic heterocycles. The van der Waals surface area contributed by atoms with E-state index < -0.39 is 6.10 Å². The van der Waals surface area contributed by atoms with Crippen LogP contribution < -0.4 is 0 Å². The molecule has 6 nitrogen and oxygen atoms in total. The molecule has 0 N–H and O–H groups in total. The molecule has 6 heteroatoms. The van der Waals surface area contributed by atoms with E-state index in [1.807, 2.05) is 0 Å². The minimum atomic E-state index is -0.805. The molecule has 59 heavy (non-hydrogen) atoms. The summed E-state index contributed by atoms with van der Waals surface area (Å²) in [6.07, 6.45) is 60.1. The maximum absolute atomic E-state index is 12.7. The van der Waals surface area contributed by atoms with Gasteiger partial charge in [-0.2, -0.15) is 0 Å². The second-order valence-corrected chi connectivity index (χ2v) is 15.6. The third-order valence-corrected chi connectivity index (χ3v) is 9.86. The van der Waals surface area contributed by atoms with Crippen LogP contribution in [0.3, 0.4) is 0 Å². The van der Waals surface area contributed by atoms with E-state index in [1.54, 1.807) is 0 Å². The van der Waals surface area contributed by atoms with Crippen LogP contribution in [0.1, 0.15) is 213 Å². The molecule has 0 aromatic rings. The van der Waals surface area contributed by atoms with Gasteiger partial charge in [-0.3, -0.25) is 14.4 Å². The molecule has 0 heterocycles. The van der Waals surface area contributed by atoms with Gasteiger partial charge in [0.05, 0.1) is 0 Å². The van der Waals surface area contributed by atoms with Crippen molar-refractivity contribution in [3.8, 4) is 0 Å². The fourth-order valence-electron chi connectivity index (χ4n) is 6.29. The van der Waals surface area contributed by atoms with E-state index in [9.17, 15) is 14.4 Å². The first-order valence-corrected chi connectivity index (χ1v) is 24.1. The second-order valence-electron chi connectivity index (χ2n) is 15.6. The highest BCUT2D eigenvalue weighted by molar-refractivity contribution is 5.71. The molecule has 0 rings (SSSR count). The van der Waals surface area contributed by atoms with E-state index in [0.29, 0.717) is 19.3 Å². The first kappa shape index (κ1) is 55.6. The Morgan fingerprint density at radius 2 is 0.661 bits per heavy atom. The molecule has 0 amide bonds. The molecule has 0 radical (unpaired) electrons. The third-order valence-electron chi connectivity index (χ3n) is 9.86. The van der Waals surface area contributed by atoms with E-state index in [2.05, 4.69) is 106 Å². The fraction of sp³-hybridized carbons (Fsp3) is 0.679. The first-order chi connectivity index (χ1) is 29.0. The summed E-state index contributed by atoms with van der Waals surface area (Å²) in [5.74, 6) is -0.987. The van der Waals surface area contributed by atoms with Crippen molar-refractivity contribution in [2.24, 2.45) is 0 Å². The average molecular weight is 821 g/mol. The minimum Gasteiger partial charge on any atom is -0.462 e. The van der Waals surface area contributed by atoms with Gasteiger partial charge in [0, 0.05) is 19.3 Å². The maximum atomic E-state index is 12.7. The zero-order chi connectivity index (χ0) is 43.0. The van der Waals surface area contributed by atoms with Gasteiger partial charge >= 0.3 is 17.9 Å². The lowest BCUT2D eigenvalue weighted by Gasteiger charge is -2.18. The Kier molecular flexibility index (Phi) is 44.5. The summed E-state index contributed by atoms with van der Waals surface area (Å²) in [6, 6.07) is 0. The third kappa shape index (κ3) is 45.5. The van der Waals surface area contributed by atoms with Gasteiger partial charge < -0.3 is 14.2 Å². The number of carbonyl (C=O) groups is 3. The standard InChI is InChI=1S/C53H88O6/c1-4-7-10-13-16-19-21-23-25-27-29-31-34-37-40-43-46-52(55)58-49-50(48-57-51(54)45-42-39-36-33-18-15-12-9-6-3)59-53(56)47-44-41-38-35-32-30-28-26-24-22-20-17-14-11-8-5-2/h7,9-10,12,16,18-19,23,25-26,28-29,31,33,50H,4-6,8,11,13-15,17,20-22,24,27,30,32,34-49H2,1-3H3/b10-7-,12-9-,19-16-,25-23-,28-26-,31-29-,33-18-. The lowest BCUT2D eigenvalue weighted by Crippen LogP contribution is -2.30. The van der Waals surface area contributed by atoms with Crippen LogP contribution in [0.5, 0.6) is 0 Å². The van der Waals surface area contributed by atoms with Crippen molar-refractivity contribution < 1.29 is 28.6 Å². The maximum Gasteiger partial charge on any atom is 0.306 e. The van der Waals surface area contributed by atoms with Gasteiger partial charge in [-0.25, -0.2) is 0 Å². The fourth-order valence-corrected chi connectivity index (χ4v) is 6.29. The Hall–Kier alpha value is -3.41. The zero-order valence-corrected chi connectivity index (χ0v) is 38.2. The Labute approximate surface area is 363 Å². The minimum absolute atomic E-state index is 0.108. The summed E-state index contributed by atoms with van der Waals surface area (Å²) in [5.41, 5.74) is 0. The van der Waals surface area contributed by atoms with Crippen LogP contribution in [0.4, 0.5) is 0 Å². The van der Waals surface area contributed by atoms with Gasteiger partial charge in [0.25, 0.3) is 0 Å². The molecular formula is C53H88O6. The van der Waals surface area contributed by atoms with Crippen molar-refractivity contribution in [2.75, 3.05) is 13.2 Å². The smallest absolute Gasteiger partial charge is 0.306 e. The molecule has 0 bridgehead atoms. The molecular weight excluding hydrogens is 733 g/mol. The summed E-state index contributed by atoms with van der Waals surface area (Å²) in [6.45, 7) is 6.32. The van der Waals surface area contributed by atoms with Crippen LogP contribution in [-0.4, -0.2) is 37.2 Å². The van der Waals surface area contributed by atoms with Gasteiger partial charge in [0.1, 0.15) is 13.2 Å². The van der Waals surface area contributed by atoms with Gasteiger partial charge in [-0.15, -0.1) is 0 Å². The summed E-state index contributed by atoms with van der Waals surface area (Å²) in [4.78, 5) is 37.8. The van der Waals surface area contributed by atoms with Crippen molar-refractivity contribution >= 4 is 17.9 Å². The molecule has 0 saturated carbocycles. The van der Waals surface area contributed by atoms with E-state index in [1.165, 1.54) is 57.8 Å². The highest BCUT2D eigenvalue weighted by atomic mass is 16.6. The van der Waals surface area contributed by atoms with E-state index in [-0.39, 0.29) is 31.1 Å². The second kappa shape index (κ2) is 47.3. The number of rotatable bonds is 42. The molecule has 0 aliphatic carbocycles. The van der Waals surface area contributed by atoms with Crippen molar-refractivity contribution in [3.05, 3.63) is 85.1 Å². The van der Waals surface area contributed by atoms with Crippen LogP contribution in [0.15, 0.2) is 85.1 Å². The largest absolute Gasteiger partial charge is 0.462 e. The van der Waals surface area contributed by atoms with E-state index >= 15 is 0 Å². The average Bonchev–Trinajstić information content (AvgIpc) is 3.23. The van der Waals surface area contributed by atoms with Crippen molar-refractivity contribution in [1.29, 1.82) is 0 Å². The zero-order valence-electron chi connectivity index (χ0n) is 38.2. The van der Waals surface area contributed by atoms with Gasteiger partial charge in [0.15, 0.2) is 6.10 Å². The lowest BCUT2D eigenvalue weighted by atomic mass is 10.1. The summed E-state index contributed by atoms with van der Waals surface area (Å²) in [7, 11) is 0. The number of hydrogen-bond acceptors (Lipinski definition) is 6. The predicted molar refractivity (Wildman–Crippen MR) is 251 cm³/mol. The Bertz CT molecular complexity index is 1170. The van der Waals surface area contributed by atoms with Crippen LogP contribution >= 0.6 is 0 Å². The van der Waals surface area contributed by atoms with Crippen molar-refractivity contribution in [1.82, 2.24) is 0 Å². The van der Waals surface area contributed by atoms with Crippen LogP contribution in [0.2, 0.25) is 0 Å². The number of hydrogen-bond donors (Lipinski definition) is 0. The number of unbranched alkanes of at least 4 members (excludes halogenated alkanes) is 17. The van der Waals surface area contributed by atoms with Gasteiger partial charge in [-0.1, -0.05) is 170 Å². The molecule has 1 unspecified atom stereocenters. The summed E-state index contributed by atoms with van der Waals surface area (Å²) < 4.78 is 16.7. The Balaban J connectivity index is 4.44. The molecule has 1 atom stereocenters. The van der Waals surface area contributed by atoms with Crippen LogP contribution in [0.25, 0.3) is 0 Å². The number of ether oxygens (including phenoxy) is 3. The summed E-state index contributed by atoms with van der Waals surface area (Å²) in [5, 5.41) is 0. The molecule has 336 valence electrons. The molecule has 0 fully saturated rings. The topological polar surface area (TPSA) is 78.9 Å². The highest BCUT2D eigenvalue weighted by Gasteiger charge is 2.19. The monoisotopic (exact) mass is 821 g/mol. The SMILES string of the molecule is CC/C=C\C/C=C\C/C=C\C/C=C\CCCCCC(=O)OCC(COC(=O)CCCC/C=C\C/C=C\CC)OC(=O)CCCCCCC/C=C\CCCCCCCCC. The Morgan fingerprint density at radius 3 is 1.10 bits per heavy atom. The normalized spacial score (nSPS) is 12.8. The molecule has 0 aliphatic rings. The summed E-state index contributed by atoms with van der Waals surface area (Å²) >= 11 is 0. The highest BCUT2D eigenvalue weighted by Crippen LogP contribution is 2.13. The molecule has 0 spiro atoms. The van der Waals surface area contributed by atoms with Crippen LogP contribution in [0, 0.1) is 0 Å². The Morgan fingerprint density at radius 1 is 0.356 bits per heavy atom.